The molecule has 3 heterocycles. The molecule has 544 valence electrons. The van der Waals surface area contributed by atoms with E-state index in [1.165, 1.54) is 0 Å². The van der Waals surface area contributed by atoms with Crippen molar-refractivity contribution >= 4 is 35.8 Å². The van der Waals surface area contributed by atoms with Crippen molar-refractivity contribution in [3.05, 3.63) is 0 Å². The van der Waals surface area contributed by atoms with E-state index in [1.54, 1.807) is 20.8 Å². The van der Waals surface area contributed by atoms with Gasteiger partial charge in [-0.25, -0.2) is 0 Å². The van der Waals surface area contributed by atoms with E-state index in [1.807, 2.05) is 0 Å². The summed E-state index contributed by atoms with van der Waals surface area (Å²) in [6.45, 7) is 10.4. The summed E-state index contributed by atoms with van der Waals surface area (Å²) in [7, 11) is 0. The van der Waals surface area contributed by atoms with E-state index >= 15 is 0 Å². The zero-order valence-corrected chi connectivity index (χ0v) is 58.4. The molecular formula is C72H130O21. The molecule has 3 aliphatic heterocycles. The Balaban J connectivity index is 0.000000634. The van der Waals surface area contributed by atoms with E-state index in [9.17, 15) is 59.4 Å². The maximum absolute atomic E-state index is 12.6. The molecule has 3 fully saturated rings. The molecule has 93 heavy (non-hydrogen) atoms. The second-order valence-corrected chi connectivity index (χ2v) is 26.9. The largest absolute Gasteiger partial charge is 0.462 e. The van der Waals surface area contributed by atoms with Crippen LogP contribution in [-0.4, -0.2) is 178 Å². The summed E-state index contributed by atoms with van der Waals surface area (Å²) in [6.07, 6.45) is 30.5. The van der Waals surface area contributed by atoms with E-state index < -0.39 is 66.7 Å². The number of epoxide rings is 3. The van der Waals surface area contributed by atoms with Gasteiger partial charge in [-0.05, 0) is 119 Å². The van der Waals surface area contributed by atoms with E-state index in [0.717, 1.165) is 193 Å². The van der Waals surface area contributed by atoms with Crippen LogP contribution < -0.4 is 0 Å². The van der Waals surface area contributed by atoms with Crippen LogP contribution in [0.15, 0.2) is 0 Å². The van der Waals surface area contributed by atoms with Gasteiger partial charge in [0.25, 0.3) is 0 Å². The number of hydrogen-bond acceptors (Lipinski definition) is 21. The number of esters is 6. The lowest BCUT2D eigenvalue weighted by molar-refractivity contribution is -0.167. The minimum Gasteiger partial charge on any atom is -0.462 e. The first-order valence-corrected chi connectivity index (χ1v) is 36.7. The van der Waals surface area contributed by atoms with Crippen molar-refractivity contribution in [3.8, 4) is 0 Å². The van der Waals surface area contributed by atoms with Crippen LogP contribution in [0.1, 0.15) is 311 Å². The number of aliphatic hydroxyl groups excluding tert-OH is 6. The van der Waals surface area contributed by atoms with E-state index in [4.69, 9.17) is 42.6 Å². The Morgan fingerprint density at radius 2 is 0.473 bits per heavy atom. The fourth-order valence-electron chi connectivity index (χ4n) is 11.0. The Hall–Kier alpha value is -3.54. The van der Waals surface area contributed by atoms with Gasteiger partial charge in [0, 0.05) is 38.5 Å². The van der Waals surface area contributed by atoms with E-state index in [0.29, 0.717) is 94.4 Å². The first-order chi connectivity index (χ1) is 44.6. The Morgan fingerprint density at radius 1 is 0.290 bits per heavy atom. The first-order valence-electron chi connectivity index (χ1n) is 36.7. The molecule has 3 rings (SSSR count). The standard InChI is InChI=1S/C36H68O12.C36H62O9/c1-27(37)31(40)19-13-7-4-10-16-22-34(43)46-25-30(48-36(45)24-18-12-6-9-15-21-33(42)29(3)39)26-47-35(44)23-17-11-5-8-14-20-32(41)28(2)38;1-27-31(42-27)19-13-7-4-10-16-22-34(37)40-25-30(45-36(39)24-18-12-6-9-15-21-33-29(3)44-33)26-41-35(38)23-17-11-5-8-14-20-32-28(2)43-32/h27-33,37-42H,4-26H2,1-3H3;27-33H,4-26H2,1-3H3/t2*27-,28-,29-,30?,31?,32?,33?/m00/s1. The second-order valence-electron chi connectivity index (χ2n) is 26.9. The molecule has 0 radical (unpaired) electrons. The summed E-state index contributed by atoms with van der Waals surface area (Å²) in [5.41, 5.74) is 0. The molecule has 6 N–H and O–H groups in total. The zero-order chi connectivity index (χ0) is 68.4. The zero-order valence-electron chi connectivity index (χ0n) is 58.4. The number of carbonyl (C=O) groups is 6. The van der Waals surface area contributed by atoms with E-state index in [2.05, 4.69) is 20.8 Å². The quantitative estimate of drug-likeness (QED) is 0.0143. The summed E-state index contributed by atoms with van der Waals surface area (Å²) in [4.78, 5) is 74.5. The number of rotatable bonds is 61. The van der Waals surface area contributed by atoms with Crippen LogP contribution in [0.2, 0.25) is 0 Å². The summed E-state index contributed by atoms with van der Waals surface area (Å²) < 4.78 is 49.0. The number of carbonyl (C=O) groups excluding carboxylic acids is 6. The Bertz CT molecular complexity index is 1830. The minimum atomic E-state index is -0.909. The van der Waals surface area contributed by atoms with Gasteiger partial charge in [0.2, 0.25) is 0 Å². The van der Waals surface area contributed by atoms with Crippen LogP contribution in [0.3, 0.4) is 0 Å². The molecule has 6 unspecified atom stereocenters. The number of unbranched alkanes of at least 4 members (excludes halogenated alkanes) is 24. The van der Waals surface area contributed by atoms with Gasteiger partial charge in [-0.15, -0.1) is 0 Å². The van der Waals surface area contributed by atoms with Gasteiger partial charge in [0.15, 0.2) is 12.2 Å². The third kappa shape index (κ3) is 50.5. The maximum atomic E-state index is 12.6. The third-order valence-electron chi connectivity index (χ3n) is 17.7. The van der Waals surface area contributed by atoms with Crippen molar-refractivity contribution < 1.29 is 102 Å². The predicted molar refractivity (Wildman–Crippen MR) is 354 cm³/mol. The van der Waals surface area contributed by atoms with Crippen molar-refractivity contribution in [3.63, 3.8) is 0 Å². The Kier molecular flexibility index (Phi) is 50.1. The molecule has 0 saturated carbocycles. The Labute approximate surface area is 558 Å². The molecule has 0 aliphatic carbocycles. The summed E-state index contributed by atoms with van der Waals surface area (Å²) in [5.74, 6) is -2.27. The molecule has 3 aliphatic rings. The molecule has 0 aromatic rings. The summed E-state index contributed by atoms with van der Waals surface area (Å²) >= 11 is 0. The molecule has 0 aromatic heterocycles. The fourth-order valence-corrected chi connectivity index (χ4v) is 11.0. The molecular weight excluding hydrogens is 1200 g/mol. The first kappa shape index (κ1) is 85.5. The SMILES string of the molecule is C[C@@H]1OC1CCCCCCCC(=O)OCC(COC(=O)CCCCCCCC1O[C@H]1C)OC(=O)CCCCCCCC1O[C@H]1C.C[C@H](O)C(O)CCCCCCCC(=O)OCC(COC(=O)CCCCCCCC(O)[C@H](C)O)OC(=O)CCCCCCCC(O)[C@H](C)O. The van der Waals surface area contributed by atoms with Crippen LogP contribution >= 0.6 is 0 Å². The lowest BCUT2D eigenvalue weighted by atomic mass is 10.0. The predicted octanol–water partition coefficient (Wildman–Crippen LogP) is 11.9. The van der Waals surface area contributed by atoms with Gasteiger partial charge in [-0.3, -0.25) is 28.8 Å². The maximum Gasteiger partial charge on any atom is 0.306 e. The highest BCUT2D eigenvalue weighted by molar-refractivity contribution is 5.72. The van der Waals surface area contributed by atoms with Gasteiger partial charge < -0.3 is 73.3 Å². The molecule has 0 spiro atoms. The Morgan fingerprint density at radius 3 is 0.677 bits per heavy atom. The van der Waals surface area contributed by atoms with Crippen LogP contribution in [0.4, 0.5) is 0 Å². The van der Waals surface area contributed by atoms with Crippen LogP contribution in [-0.2, 0) is 71.4 Å². The molecule has 0 bridgehead atoms. The van der Waals surface area contributed by atoms with Crippen molar-refractivity contribution in [2.24, 2.45) is 0 Å². The fraction of sp³-hybridized carbons (Fsp3) is 0.917. The highest BCUT2D eigenvalue weighted by Crippen LogP contribution is 2.29. The second kappa shape index (κ2) is 54.5. The van der Waals surface area contributed by atoms with Gasteiger partial charge in [0.1, 0.15) is 26.4 Å². The topological polar surface area (TPSA) is 317 Å². The molecule has 21 heteroatoms. The smallest absolute Gasteiger partial charge is 0.306 e. The molecule has 0 aromatic carbocycles. The third-order valence-corrected chi connectivity index (χ3v) is 17.7. The van der Waals surface area contributed by atoms with Crippen molar-refractivity contribution in [1.82, 2.24) is 0 Å². The molecule has 21 nitrogen and oxygen atoms in total. The highest BCUT2D eigenvalue weighted by atomic mass is 16.6. The van der Waals surface area contributed by atoms with Crippen LogP contribution in [0, 0.1) is 0 Å². The minimum absolute atomic E-state index is 0.0948. The number of aliphatic hydroxyl groups is 6. The van der Waals surface area contributed by atoms with Gasteiger partial charge in [0.05, 0.1) is 73.2 Å². The normalized spacial score (nSPS) is 20.5. The van der Waals surface area contributed by atoms with Crippen LogP contribution in [0.25, 0.3) is 0 Å². The monoisotopic (exact) mass is 1330 g/mol. The van der Waals surface area contributed by atoms with Crippen LogP contribution in [0.5, 0.6) is 0 Å². The summed E-state index contributed by atoms with van der Waals surface area (Å²) in [6, 6.07) is 0. The molecule has 12 atom stereocenters. The summed E-state index contributed by atoms with van der Waals surface area (Å²) in [5, 5.41) is 57.0. The lowest BCUT2D eigenvalue weighted by Gasteiger charge is -2.18. The number of ether oxygens (including phenoxy) is 9. The van der Waals surface area contributed by atoms with E-state index in [-0.39, 0.29) is 63.6 Å². The van der Waals surface area contributed by atoms with Gasteiger partial charge >= 0.3 is 35.8 Å². The molecule has 3 saturated heterocycles. The number of hydrogen-bond donors (Lipinski definition) is 6. The average Bonchev–Trinajstić information content (AvgIpc) is 2.89. The van der Waals surface area contributed by atoms with Crippen molar-refractivity contribution in [2.75, 3.05) is 26.4 Å². The van der Waals surface area contributed by atoms with Crippen molar-refractivity contribution in [2.45, 2.75) is 397 Å². The van der Waals surface area contributed by atoms with Crippen molar-refractivity contribution in [1.29, 1.82) is 0 Å². The molecule has 0 amide bonds. The lowest BCUT2D eigenvalue weighted by Crippen LogP contribution is -2.30. The average molecular weight is 1330 g/mol. The highest BCUT2D eigenvalue weighted by Gasteiger charge is 2.34. The van der Waals surface area contributed by atoms with Gasteiger partial charge in [-0.1, -0.05) is 154 Å². The van der Waals surface area contributed by atoms with Gasteiger partial charge in [-0.2, -0.15) is 0 Å².